The van der Waals surface area contributed by atoms with Crippen molar-refractivity contribution in [1.82, 2.24) is 14.4 Å². The molecule has 4 nitrogen and oxygen atoms in total. The van der Waals surface area contributed by atoms with Crippen LogP contribution in [0.15, 0.2) is 55.0 Å². The third kappa shape index (κ3) is 3.78. The predicted molar refractivity (Wildman–Crippen MR) is 117 cm³/mol. The SMILES string of the molecule is Cc1cc(C#Cc2ccccc2)sc1-c1nc2cnccn2c1NC(C)(C)C. The van der Waals surface area contributed by atoms with Gasteiger partial charge in [-0.2, -0.15) is 0 Å². The Bertz CT molecular complexity index is 1180. The molecule has 0 amide bonds. The van der Waals surface area contributed by atoms with Gasteiger partial charge in [-0.05, 0) is 51.5 Å². The molecular formula is C23H22N4S. The van der Waals surface area contributed by atoms with Crippen LogP contribution in [0.2, 0.25) is 0 Å². The zero-order valence-corrected chi connectivity index (χ0v) is 17.3. The van der Waals surface area contributed by atoms with E-state index < -0.39 is 0 Å². The molecular weight excluding hydrogens is 364 g/mol. The zero-order valence-electron chi connectivity index (χ0n) is 16.4. The number of aromatic nitrogens is 3. The highest BCUT2D eigenvalue weighted by Gasteiger charge is 2.21. The molecule has 0 aliphatic carbocycles. The Kier molecular flexibility index (Phi) is 4.66. The lowest BCUT2D eigenvalue weighted by atomic mass is 10.1. The number of aryl methyl sites for hydroxylation is 1. The van der Waals surface area contributed by atoms with Gasteiger partial charge < -0.3 is 5.32 Å². The topological polar surface area (TPSA) is 42.2 Å². The number of anilines is 1. The monoisotopic (exact) mass is 386 g/mol. The summed E-state index contributed by atoms with van der Waals surface area (Å²) < 4.78 is 2.06. The van der Waals surface area contributed by atoms with Crippen LogP contribution in [0.3, 0.4) is 0 Å². The molecule has 4 rings (SSSR count). The summed E-state index contributed by atoms with van der Waals surface area (Å²) in [7, 11) is 0. The Morgan fingerprint density at radius 3 is 2.64 bits per heavy atom. The van der Waals surface area contributed by atoms with Crippen molar-refractivity contribution in [1.29, 1.82) is 0 Å². The zero-order chi connectivity index (χ0) is 19.7. The molecule has 1 aromatic carbocycles. The molecule has 0 saturated carbocycles. The lowest BCUT2D eigenvalue weighted by Gasteiger charge is -2.22. The van der Waals surface area contributed by atoms with Crippen molar-refractivity contribution in [3.05, 3.63) is 71.0 Å². The molecule has 0 fully saturated rings. The van der Waals surface area contributed by atoms with Gasteiger partial charge in [-0.15, -0.1) is 11.3 Å². The second-order valence-electron chi connectivity index (χ2n) is 7.73. The second kappa shape index (κ2) is 7.14. The van der Waals surface area contributed by atoms with Crippen molar-refractivity contribution in [2.24, 2.45) is 0 Å². The maximum atomic E-state index is 4.86. The van der Waals surface area contributed by atoms with E-state index in [-0.39, 0.29) is 5.54 Å². The summed E-state index contributed by atoms with van der Waals surface area (Å²) >= 11 is 1.68. The van der Waals surface area contributed by atoms with E-state index in [4.69, 9.17) is 4.98 Å². The number of fused-ring (bicyclic) bond motifs is 1. The second-order valence-corrected chi connectivity index (χ2v) is 8.78. The van der Waals surface area contributed by atoms with Gasteiger partial charge in [-0.25, -0.2) is 4.98 Å². The van der Waals surface area contributed by atoms with Crippen LogP contribution in [-0.2, 0) is 0 Å². The molecule has 28 heavy (non-hydrogen) atoms. The van der Waals surface area contributed by atoms with Crippen LogP contribution in [0, 0.1) is 18.8 Å². The lowest BCUT2D eigenvalue weighted by Crippen LogP contribution is -2.27. The van der Waals surface area contributed by atoms with Crippen LogP contribution in [0.4, 0.5) is 5.82 Å². The van der Waals surface area contributed by atoms with E-state index in [1.807, 2.05) is 36.5 Å². The van der Waals surface area contributed by atoms with E-state index in [1.165, 1.54) is 5.56 Å². The van der Waals surface area contributed by atoms with Gasteiger partial charge in [0.05, 0.1) is 16.0 Å². The molecule has 3 aromatic heterocycles. The van der Waals surface area contributed by atoms with Crippen molar-refractivity contribution in [3.8, 4) is 22.4 Å². The maximum Gasteiger partial charge on any atom is 0.157 e. The number of thiophene rings is 1. The summed E-state index contributed by atoms with van der Waals surface area (Å²) in [5, 5.41) is 3.61. The predicted octanol–water partition coefficient (Wildman–Crippen LogP) is 5.38. The van der Waals surface area contributed by atoms with Gasteiger partial charge in [0.15, 0.2) is 5.65 Å². The number of nitrogens with zero attached hydrogens (tertiary/aromatic N) is 3. The first-order chi connectivity index (χ1) is 13.4. The maximum absolute atomic E-state index is 4.86. The number of hydrogen-bond acceptors (Lipinski definition) is 4. The van der Waals surface area contributed by atoms with Gasteiger partial charge in [0.1, 0.15) is 11.5 Å². The number of rotatable bonds is 2. The van der Waals surface area contributed by atoms with E-state index in [2.05, 4.69) is 60.3 Å². The van der Waals surface area contributed by atoms with Gasteiger partial charge >= 0.3 is 0 Å². The Labute approximate surface area is 169 Å². The Morgan fingerprint density at radius 1 is 1.11 bits per heavy atom. The summed E-state index contributed by atoms with van der Waals surface area (Å²) in [5.41, 5.74) is 3.88. The molecule has 0 aliphatic heterocycles. The lowest BCUT2D eigenvalue weighted by molar-refractivity contribution is 0.629. The van der Waals surface area contributed by atoms with Gasteiger partial charge in [0, 0.05) is 23.5 Å². The van der Waals surface area contributed by atoms with Crippen molar-refractivity contribution >= 4 is 22.8 Å². The van der Waals surface area contributed by atoms with E-state index in [0.717, 1.165) is 32.5 Å². The van der Waals surface area contributed by atoms with Crippen LogP contribution in [0.25, 0.3) is 16.2 Å². The molecule has 0 saturated heterocycles. The van der Waals surface area contributed by atoms with E-state index in [9.17, 15) is 0 Å². The molecule has 5 heteroatoms. The molecule has 0 atom stereocenters. The molecule has 140 valence electrons. The van der Waals surface area contributed by atoms with Crippen molar-refractivity contribution in [3.63, 3.8) is 0 Å². The summed E-state index contributed by atoms with van der Waals surface area (Å²) in [6.45, 7) is 8.56. The Morgan fingerprint density at radius 2 is 1.89 bits per heavy atom. The number of nitrogens with one attached hydrogen (secondary N) is 1. The van der Waals surface area contributed by atoms with Crippen molar-refractivity contribution in [2.45, 2.75) is 33.2 Å². The molecule has 0 bridgehead atoms. The van der Waals surface area contributed by atoms with Crippen LogP contribution in [0.1, 0.15) is 36.8 Å². The van der Waals surface area contributed by atoms with Crippen LogP contribution < -0.4 is 5.32 Å². The summed E-state index contributed by atoms with van der Waals surface area (Å²) in [6.07, 6.45) is 5.51. The first-order valence-corrected chi connectivity index (χ1v) is 10.0. The summed E-state index contributed by atoms with van der Waals surface area (Å²) in [4.78, 5) is 11.2. The smallest absolute Gasteiger partial charge is 0.157 e. The van der Waals surface area contributed by atoms with Crippen LogP contribution >= 0.6 is 11.3 Å². The Hall–Kier alpha value is -3.10. The van der Waals surface area contributed by atoms with Gasteiger partial charge in [0.2, 0.25) is 0 Å². The quantitative estimate of drug-likeness (QED) is 0.471. The van der Waals surface area contributed by atoms with Crippen molar-refractivity contribution in [2.75, 3.05) is 5.32 Å². The fourth-order valence-electron chi connectivity index (χ4n) is 2.97. The first kappa shape index (κ1) is 18.3. The average molecular weight is 387 g/mol. The molecule has 0 aliphatic rings. The highest BCUT2D eigenvalue weighted by Crippen LogP contribution is 2.37. The third-order valence-corrected chi connectivity index (χ3v) is 5.32. The van der Waals surface area contributed by atoms with Gasteiger partial charge in [-0.1, -0.05) is 30.0 Å². The summed E-state index contributed by atoms with van der Waals surface area (Å²) in [6, 6.07) is 12.2. The number of imidazole rings is 1. The fourth-order valence-corrected chi connectivity index (χ4v) is 3.99. The average Bonchev–Trinajstić information content (AvgIpc) is 3.20. The molecule has 0 unspecified atom stereocenters. The molecule has 1 N–H and O–H groups in total. The minimum absolute atomic E-state index is 0.0882. The van der Waals surface area contributed by atoms with Gasteiger partial charge in [-0.3, -0.25) is 9.38 Å². The molecule has 4 aromatic rings. The number of hydrogen-bond donors (Lipinski definition) is 1. The minimum Gasteiger partial charge on any atom is -0.365 e. The highest BCUT2D eigenvalue weighted by molar-refractivity contribution is 7.16. The van der Waals surface area contributed by atoms with E-state index >= 15 is 0 Å². The van der Waals surface area contributed by atoms with Crippen LogP contribution in [0.5, 0.6) is 0 Å². The molecule has 0 radical (unpaired) electrons. The minimum atomic E-state index is -0.0882. The molecule has 3 heterocycles. The number of benzene rings is 1. The van der Waals surface area contributed by atoms with Crippen LogP contribution in [-0.4, -0.2) is 19.9 Å². The van der Waals surface area contributed by atoms with E-state index in [0.29, 0.717) is 0 Å². The normalized spacial score (nSPS) is 11.3. The Balaban J connectivity index is 1.80. The largest absolute Gasteiger partial charge is 0.365 e. The first-order valence-electron chi connectivity index (χ1n) is 9.19. The van der Waals surface area contributed by atoms with Crippen molar-refractivity contribution < 1.29 is 0 Å². The summed E-state index contributed by atoms with van der Waals surface area (Å²) in [5.74, 6) is 7.52. The molecule has 0 spiro atoms. The third-order valence-electron chi connectivity index (χ3n) is 4.16. The fraction of sp³-hybridized carbons (Fsp3) is 0.217. The standard InChI is InChI=1S/C23H22N4S/c1-16-14-18(11-10-17-8-6-5-7-9-17)28-21(16)20-22(26-23(2,3)4)27-13-12-24-15-19(27)25-20/h5-9,12-15,26H,1-4H3. The van der Waals surface area contributed by atoms with Gasteiger partial charge in [0.25, 0.3) is 0 Å². The highest BCUT2D eigenvalue weighted by atomic mass is 32.1. The van der Waals surface area contributed by atoms with E-state index in [1.54, 1.807) is 23.7 Å².